The number of hydrogen-bond acceptors (Lipinski definition) is 3. The summed E-state index contributed by atoms with van der Waals surface area (Å²) < 4.78 is 5.63. The molecule has 0 aromatic heterocycles. The zero-order valence-electron chi connectivity index (χ0n) is 14.8. The lowest BCUT2D eigenvalue weighted by Crippen LogP contribution is -2.45. The van der Waals surface area contributed by atoms with Crippen molar-refractivity contribution in [3.05, 3.63) is 23.8 Å². The standard InChI is InChI=1S/C18H30N2O2/c1-7-20(18(4,5)6)17(21)11-9-14-8-10-16(15(19)12-14)22-13(2)3/h8,10,12-13H,7,9,11,19H2,1-6H3. The van der Waals surface area contributed by atoms with Crippen LogP contribution < -0.4 is 10.5 Å². The number of nitrogens with zero attached hydrogens (tertiary/aromatic N) is 1. The maximum absolute atomic E-state index is 12.4. The van der Waals surface area contributed by atoms with Crippen LogP contribution in [0.15, 0.2) is 18.2 Å². The summed E-state index contributed by atoms with van der Waals surface area (Å²) in [5, 5.41) is 0. The Labute approximate surface area is 134 Å². The first-order chi connectivity index (χ1) is 10.1. The molecule has 0 radical (unpaired) electrons. The van der Waals surface area contributed by atoms with E-state index in [0.717, 1.165) is 12.1 Å². The molecule has 1 rings (SSSR count). The van der Waals surface area contributed by atoms with Crippen molar-refractivity contribution in [3.63, 3.8) is 0 Å². The van der Waals surface area contributed by atoms with E-state index in [4.69, 9.17) is 10.5 Å². The van der Waals surface area contributed by atoms with Crippen LogP contribution in [0.5, 0.6) is 5.75 Å². The molecule has 22 heavy (non-hydrogen) atoms. The molecule has 124 valence electrons. The molecule has 0 aliphatic carbocycles. The topological polar surface area (TPSA) is 55.6 Å². The zero-order chi connectivity index (χ0) is 16.9. The van der Waals surface area contributed by atoms with E-state index in [1.165, 1.54) is 0 Å². The van der Waals surface area contributed by atoms with Crippen LogP contribution in [0.4, 0.5) is 5.69 Å². The van der Waals surface area contributed by atoms with E-state index in [9.17, 15) is 4.79 Å². The van der Waals surface area contributed by atoms with Gasteiger partial charge in [-0.1, -0.05) is 6.07 Å². The van der Waals surface area contributed by atoms with Gasteiger partial charge in [0.1, 0.15) is 5.75 Å². The highest BCUT2D eigenvalue weighted by atomic mass is 16.5. The van der Waals surface area contributed by atoms with Crippen molar-refractivity contribution in [3.8, 4) is 5.75 Å². The Morgan fingerprint density at radius 2 is 1.95 bits per heavy atom. The molecule has 4 heteroatoms. The number of nitrogens with two attached hydrogens (primary N) is 1. The van der Waals surface area contributed by atoms with Gasteiger partial charge in [0.2, 0.25) is 5.91 Å². The number of aryl methyl sites for hydroxylation is 1. The van der Waals surface area contributed by atoms with E-state index in [1.54, 1.807) is 0 Å². The first kappa shape index (κ1) is 18.3. The fourth-order valence-electron chi connectivity index (χ4n) is 2.53. The number of carbonyl (C=O) groups is 1. The monoisotopic (exact) mass is 306 g/mol. The maximum atomic E-state index is 12.4. The lowest BCUT2D eigenvalue weighted by atomic mass is 10.0. The highest BCUT2D eigenvalue weighted by Gasteiger charge is 2.24. The van der Waals surface area contributed by atoms with Crippen LogP contribution in [-0.4, -0.2) is 29.0 Å². The molecule has 4 nitrogen and oxygen atoms in total. The average molecular weight is 306 g/mol. The Morgan fingerprint density at radius 1 is 1.32 bits per heavy atom. The van der Waals surface area contributed by atoms with Gasteiger partial charge in [-0.25, -0.2) is 0 Å². The number of carbonyl (C=O) groups excluding carboxylic acids is 1. The molecule has 0 aliphatic heterocycles. The van der Waals surface area contributed by atoms with Gasteiger partial charge in [0.25, 0.3) is 0 Å². The summed E-state index contributed by atoms with van der Waals surface area (Å²) in [6.45, 7) is 12.9. The molecule has 1 aromatic rings. The van der Waals surface area contributed by atoms with E-state index in [2.05, 4.69) is 20.8 Å². The van der Waals surface area contributed by atoms with Crippen molar-refractivity contribution in [2.24, 2.45) is 0 Å². The van der Waals surface area contributed by atoms with E-state index in [-0.39, 0.29) is 17.6 Å². The normalized spacial score (nSPS) is 11.6. The average Bonchev–Trinajstić information content (AvgIpc) is 2.38. The van der Waals surface area contributed by atoms with Crippen LogP contribution in [0.1, 0.15) is 53.5 Å². The number of anilines is 1. The summed E-state index contributed by atoms with van der Waals surface area (Å²) in [6, 6.07) is 5.77. The smallest absolute Gasteiger partial charge is 0.223 e. The van der Waals surface area contributed by atoms with Crippen molar-refractivity contribution in [1.82, 2.24) is 4.90 Å². The lowest BCUT2D eigenvalue weighted by molar-refractivity contribution is -0.135. The molecule has 1 amide bonds. The van der Waals surface area contributed by atoms with E-state index in [0.29, 0.717) is 24.3 Å². The lowest BCUT2D eigenvalue weighted by Gasteiger charge is -2.35. The molecule has 0 saturated carbocycles. The van der Waals surface area contributed by atoms with Crippen LogP contribution in [-0.2, 0) is 11.2 Å². The van der Waals surface area contributed by atoms with Crippen LogP contribution in [0.3, 0.4) is 0 Å². The van der Waals surface area contributed by atoms with Crippen molar-refractivity contribution < 1.29 is 9.53 Å². The fraction of sp³-hybridized carbons (Fsp3) is 0.611. The van der Waals surface area contributed by atoms with Crippen molar-refractivity contribution in [2.45, 2.75) is 66.0 Å². The molecule has 0 spiro atoms. The van der Waals surface area contributed by atoms with E-state index < -0.39 is 0 Å². The Bertz CT molecular complexity index is 504. The van der Waals surface area contributed by atoms with Gasteiger partial charge in [0.05, 0.1) is 11.8 Å². The predicted molar refractivity (Wildman–Crippen MR) is 92.1 cm³/mol. The van der Waals surface area contributed by atoms with E-state index >= 15 is 0 Å². The Hall–Kier alpha value is -1.71. The van der Waals surface area contributed by atoms with Gasteiger partial charge < -0.3 is 15.4 Å². The van der Waals surface area contributed by atoms with Crippen LogP contribution in [0, 0.1) is 0 Å². The summed E-state index contributed by atoms with van der Waals surface area (Å²) in [6.07, 6.45) is 1.28. The third kappa shape index (κ3) is 5.24. The van der Waals surface area contributed by atoms with Gasteiger partial charge in [-0.2, -0.15) is 0 Å². The highest BCUT2D eigenvalue weighted by molar-refractivity contribution is 5.77. The Kier molecular flexibility index (Phi) is 6.27. The van der Waals surface area contributed by atoms with Crippen LogP contribution >= 0.6 is 0 Å². The summed E-state index contributed by atoms with van der Waals surface area (Å²) in [5.74, 6) is 0.881. The minimum atomic E-state index is -0.139. The van der Waals surface area contributed by atoms with Crippen molar-refractivity contribution in [1.29, 1.82) is 0 Å². The van der Waals surface area contributed by atoms with E-state index in [1.807, 2.05) is 43.9 Å². The van der Waals surface area contributed by atoms with Gasteiger partial charge in [0, 0.05) is 18.5 Å². The van der Waals surface area contributed by atoms with Crippen LogP contribution in [0.2, 0.25) is 0 Å². The minimum Gasteiger partial charge on any atom is -0.489 e. The molecule has 2 N–H and O–H groups in total. The summed E-state index contributed by atoms with van der Waals surface area (Å²) in [7, 11) is 0. The third-order valence-electron chi connectivity index (χ3n) is 3.49. The number of benzene rings is 1. The first-order valence-corrected chi connectivity index (χ1v) is 8.00. The summed E-state index contributed by atoms with van der Waals surface area (Å²) in [5.41, 5.74) is 7.56. The predicted octanol–water partition coefficient (Wildman–Crippen LogP) is 3.64. The molecule has 0 aliphatic rings. The molecule has 0 saturated heterocycles. The number of amides is 1. The largest absolute Gasteiger partial charge is 0.489 e. The van der Waals surface area contributed by atoms with Gasteiger partial charge >= 0.3 is 0 Å². The summed E-state index contributed by atoms with van der Waals surface area (Å²) in [4.78, 5) is 14.3. The number of hydrogen-bond donors (Lipinski definition) is 1. The first-order valence-electron chi connectivity index (χ1n) is 8.00. The molecule has 0 fully saturated rings. The second-order valence-electron chi connectivity index (χ2n) is 6.85. The Morgan fingerprint density at radius 3 is 2.41 bits per heavy atom. The number of ether oxygens (including phenoxy) is 1. The zero-order valence-corrected chi connectivity index (χ0v) is 14.8. The van der Waals surface area contributed by atoms with Gasteiger partial charge in [-0.3, -0.25) is 4.79 Å². The second-order valence-corrected chi connectivity index (χ2v) is 6.85. The SMILES string of the molecule is CCN(C(=O)CCc1ccc(OC(C)C)c(N)c1)C(C)(C)C. The molecule has 0 unspecified atom stereocenters. The van der Waals surface area contributed by atoms with Gasteiger partial charge in [0.15, 0.2) is 0 Å². The Balaban J connectivity index is 2.68. The molecular weight excluding hydrogens is 276 g/mol. The molecule has 1 aromatic carbocycles. The number of rotatable bonds is 6. The second kappa shape index (κ2) is 7.52. The molecular formula is C18H30N2O2. The molecule has 0 heterocycles. The van der Waals surface area contributed by atoms with Crippen molar-refractivity contribution >= 4 is 11.6 Å². The minimum absolute atomic E-state index is 0.0969. The number of nitrogen functional groups attached to an aromatic ring is 1. The van der Waals surface area contributed by atoms with Gasteiger partial charge in [-0.05, 0) is 65.7 Å². The maximum Gasteiger partial charge on any atom is 0.223 e. The summed E-state index contributed by atoms with van der Waals surface area (Å²) >= 11 is 0. The third-order valence-corrected chi connectivity index (χ3v) is 3.49. The fourth-order valence-corrected chi connectivity index (χ4v) is 2.53. The van der Waals surface area contributed by atoms with Crippen molar-refractivity contribution in [2.75, 3.05) is 12.3 Å². The molecule has 0 atom stereocenters. The van der Waals surface area contributed by atoms with Gasteiger partial charge in [-0.15, -0.1) is 0 Å². The van der Waals surface area contributed by atoms with Crippen LogP contribution in [0.25, 0.3) is 0 Å². The highest BCUT2D eigenvalue weighted by Crippen LogP contribution is 2.24. The quantitative estimate of drug-likeness (QED) is 0.816. The molecule has 0 bridgehead atoms.